The Bertz CT molecular complexity index is 886. The number of nitrogens with zero attached hydrogens (tertiary/aromatic N) is 3. The third kappa shape index (κ3) is 4.44. The number of carboxylic acid groups (broad SMARTS) is 2. The van der Waals surface area contributed by atoms with Crippen molar-refractivity contribution in [3.63, 3.8) is 0 Å². The fourth-order valence-corrected chi connectivity index (χ4v) is 2.24. The van der Waals surface area contributed by atoms with Gasteiger partial charge >= 0.3 is 5.69 Å². The lowest BCUT2D eigenvalue weighted by molar-refractivity contribution is -0.385. The summed E-state index contributed by atoms with van der Waals surface area (Å²) >= 11 is 0. The lowest BCUT2D eigenvalue weighted by Crippen LogP contribution is -2.23. The van der Waals surface area contributed by atoms with Crippen LogP contribution < -0.4 is 14.9 Å². The fraction of sp³-hybridized carbons (Fsp3) is 0.188. The molecule has 0 radical (unpaired) electrons. The van der Waals surface area contributed by atoms with Gasteiger partial charge in [-0.05, 0) is 24.3 Å². The van der Waals surface area contributed by atoms with E-state index >= 15 is 0 Å². The number of methoxy groups -OCH3 is 1. The number of hydrogen-bond acceptors (Lipinski definition) is 8. The molecule has 0 saturated heterocycles. The first-order chi connectivity index (χ1) is 12.3. The SMILES string of the molecule is COc1ccc(-c2nn(CCC(=O)[O-])cc2/C=C/C(=O)[O-])cc1[N+](=O)[O-]. The molecule has 2 rings (SSSR count). The van der Waals surface area contributed by atoms with E-state index in [0.29, 0.717) is 11.1 Å². The van der Waals surface area contributed by atoms with Gasteiger partial charge in [0.1, 0.15) is 0 Å². The van der Waals surface area contributed by atoms with Crippen LogP contribution in [0.1, 0.15) is 12.0 Å². The predicted octanol–water partition coefficient (Wildman–Crippen LogP) is -0.630. The van der Waals surface area contributed by atoms with Gasteiger partial charge < -0.3 is 24.5 Å². The second kappa shape index (κ2) is 7.92. The normalized spacial score (nSPS) is 10.8. The first-order valence-electron chi connectivity index (χ1n) is 7.31. The molecular formula is C16H13N3O7-2. The highest BCUT2D eigenvalue weighted by Crippen LogP contribution is 2.33. The van der Waals surface area contributed by atoms with Crippen LogP contribution >= 0.6 is 0 Å². The minimum atomic E-state index is -1.43. The summed E-state index contributed by atoms with van der Waals surface area (Å²) < 4.78 is 6.23. The predicted molar refractivity (Wildman–Crippen MR) is 84.5 cm³/mol. The summed E-state index contributed by atoms with van der Waals surface area (Å²) in [5.74, 6) is -2.64. The van der Waals surface area contributed by atoms with Gasteiger partial charge in [0.15, 0.2) is 5.75 Å². The zero-order chi connectivity index (χ0) is 19.3. The Balaban J connectivity index is 2.52. The molecule has 0 bridgehead atoms. The van der Waals surface area contributed by atoms with Crippen molar-refractivity contribution in [3.8, 4) is 17.0 Å². The van der Waals surface area contributed by atoms with Gasteiger partial charge in [0.05, 0.1) is 23.7 Å². The number of aryl methyl sites for hydroxylation is 1. The number of rotatable bonds is 8. The van der Waals surface area contributed by atoms with E-state index in [1.807, 2.05) is 0 Å². The molecule has 1 aromatic heterocycles. The van der Waals surface area contributed by atoms with Gasteiger partial charge in [-0.25, -0.2) is 0 Å². The minimum Gasteiger partial charge on any atom is -0.550 e. The summed E-state index contributed by atoms with van der Waals surface area (Å²) in [4.78, 5) is 31.8. The first-order valence-corrected chi connectivity index (χ1v) is 7.31. The lowest BCUT2D eigenvalue weighted by Gasteiger charge is -2.04. The molecule has 10 nitrogen and oxygen atoms in total. The first kappa shape index (κ1) is 18.6. The third-order valence-corrected chi connectivity index (χ3v) is 3.38. The van der Waals surface area contributed by atoms with E-state index in [4.69, 9.17) is 4.74 Å². The topological polar surface area (TPSA) is 150 Å². The molecule has 136 valence electrons. The highest BCUT2D eigenvalue weighted by molar-refractivity contribution is 5.86. The number of aromatic nitrogens is 2. The van der Waals surface area contributed by atoms with Crippen molar-refractivity contribution in [3.05, 3.63) is 46.1 Å². The minimum absolute atomic E-state index is 0.00720. The number of carboxylic acids is 2. The highest BCUT2D eigenvalue weighted by atomic mass is 16.6. The number of benzene rings is 1. The number of ether oxygens (including phenoxy) is 1. The van der Waals surface area contributed by atoms with Gasteiger partial charge in [0.25, 0.3) is 0 Å². The Labute approximate surface area is 147 Å². The van der Waals surface area contributed by atoms with E-state index in [9.17, 15) is 29.9 Å². The molecule has 0 aliphatic rings. The van der Waals surface area contributed by atoms with Crippen LogP contribution in [0.4, 0.5) is 5.69 Å². The van der Waals surface area contributed by atoms with Crippen molar-refractivity contribution in [2.24, 2.45) is 0 Å². The van der Waals surface area contributed by atoms with Gasteiger partial charge in [0.2, 0.25) is 0 Å². The molecule has 0 aliphatic carbocycles. The van der Waals surface area contributed by atoms with Crippen molar-refractivity contribution in [2.75, 3.05) is 7.11 Å². The van der Waals surface area contributed by atoms with E-state index in [1.54, 1.807) is 0 Å². The van der Waals surface area contributed by atoms with Crippen molar-refractivity contribution in [2.45, 2.75) is 13.0 Å². The quantitative estimate of drug-likeness (QED) is 0.343. The summed E-state index contributed by atoms with van der Waals surface area (Å²) in [6, 6.07) is 4.15. The van der Waals surface area contributed by atoms with Crippen LogP contribution in [0.25, 0.3) is 17.3 Å². The van der Waals surface area contributed by atoms with E-state index in [2.05, 4.69) is 5.10 Å². The molecule has 26 heavy (non-hydrogen) atoms. The van der Waals surface area contributed by atoms with E-state index in [0.717, 1.165) is 6.08 Å². The van der Waals surface area contributed by atoms with Crippen LogP contribution in [0.15, 0.2) is 30.5 Å². The number of hydrogen-bond donors (Lipinski definition) is 0. The second-order valence-electron chi connectivity index (χ2n) is 5.11. The summed E-state index contributed by atoms with van der Waals surface area (Å²) in [6.45, 7) is -0.00720. The summed E-state index contributed by atoms with van der Waals surface area (Å²) in [6.07, 6.45) is 3.12. The third-order valence-electron chi connectivity index (χ3n) is 3.38. The lowest BCUT2D eigenvalue weighted by atomic mass is 10.1. The summed E-state index contributed by atoms with van der Waals surface area (Å²) in [5, 5.41) is 36.6. The van der Waals surface area contributed by atoms with Crippen molar-refractivity contribution < 1.29 is 29.5 Å². The molecule has 0 N–H and O–H groups in total. The number of aliphatic carboxylic acids is 2. The Hall–Kier alpha value is -3.69. The molecule has 1 heterocycles. The molecule has 2 aromatic rings. The maximum atomic E-state index is 11.2. The molecule has 0 atom stereocenters. The largest absolute Gasteiger partial charge is 0.550 e. The Morgan fingerprint density at radius 3 is 2.65 bits per heavy atom. The molecule has 0 fully saturated rings. The van der Waals surface area contributed by atoms with Crippen LogP contribution in [-0.2, 0) is 16.1 Å². The van der Waals surface area contributed by atoms with Crippen LogP contribution in [0.2, 0.25) is 0 Å². The van der Waals surface area contributed by atoms with Gasteiger partial charge in [0, 0.05) is 42.3 Å². The second-order valence-corrected chi connectivity index (χ2v) is 5.11. The van der Waals surface area contributed by atoms with Crippen LogP contribution in [0.3, 0.4) is 0 Å². The van der Waals surface area contributed by atoms with E-state index in [1.165, 1.54) is 42.3 Å². The average Bonchev–Trinajstić information content (AvgIpc) is 3.00. The molecule has 0 spiro atoms. The number of carbonyl (C=O) groups is 2. The monoisotopic (exact) mass is 359 g/mol. The van der Waals surface area contributed by atoms with Gasteiger partial charge in [-0.2, -0.15) is 5.10 Å². The van der Waals surface area contributed by atoms with E-state index < -0.39 is 16.9 Å². The molecule has 0 aliphatic heterocycles. The molecule has 1 aromatic carbocycles. The van der Waals surface area contributed by atoms with Crippen LogP contribution in [0.5, 0.6) is 5.75 Å². The molecule has 0 amide bonds. The van der Waals surface area contributed by atoms with Crippen molar-refractivity contribution in [1.82, 2.24) is 9.78 Å². The van der Waals surface area contributed by atoms with Gasteiger partial charge in [-0.15, -0.1) is 0 Å². The average molecular weight is 359 g/mol. The van der Waals surface area contributed by atoms with Crippen molar-refractivity contribution >= 4 is 23.7 Å². The number of carbonyl (C=O) groups excluding carboxylic acids is 2. The van der Waals surface area contributed by atoms with Crippen LogP contribution in [0, 0.1) is 10.1 Å². The van der Waals surface area contributed by atoms with Crippen LogP contribution in [-0.4, -0.2) is 33.8 Å². The van der Waals surface area contributed by atoms with Gasteiger partial charge in [-0.1, -0.05) is 0 Å². The zero-order valence-corrected chi connectivity index (χ0v) is 13.6. The summed E-state index contributed by atoms with van der Waals surface area (Å²) in [5.41, 5.74) is 0.616. The zero-order valence-electron chi connectivity index (χ0n) is 13.6. The standard InChI is InChI=1S/C16H15N3O7/c1-26-13-4-2-10(8-12(13)19(24)25)16-11(3-5-14(20)21)9-18(17-16)7-6-15(22)23/h2-5,8-9H,6-7H2,1H3,(H,20,21)(H,22,23)/p-2/b5-3+. The molecule has 10 heteroatoms. The molecular weight excluding hydrogens is 346 g/mol. The Morgan fingerprint density at radius 1 is 1.35 bits per heavy atom. The Kier molecular flexibility index (Phi) is 5.68. The maximum absolute atomic E-state index is 11.2. The number of nitro benzene ring substituents is 1. The fourth-order valence-electron chi connectivity index (χ4n) is 2.24. The smallest absolute Gasteiger partial charge is 0.311 e. The van der Waals surface area contributed by atoms with Crippen molar-refractivity contribution in [1.29, 1.82) is 0 Å². The molecule has 0 saturated carbocycles. The number of nitro groups is 1. The molecule has 0 unspecified atom stereocenters. The van der Waals surface area contributed by atoms with Gasteiger partial charge in [-0.3, -0.25) is 14.8 Å². The Morgan fingerprint density at radius 2 is 2.08 bits per heavy atom. The highest BCUT2D eigenvalue weighted by Gasteiger charge is 2.18. The maximum Gasteiger partial charge on any atom is 0.311 e. The van der Waals surface area contributed by atoms with E-state index in [-0.39, 0.29) is 30.1 Å². The summed E-state index contributed by atoms with van der Waals surface area (Å²) in [7, 11) is 1.30.